The molecule has 0 bridgehead atoms. The molecule has 7 heteroatoms. The van der Waals surface area contributed by atoms with Gasteiger partial charge in [0.1, 0.15) is 11.5 Å². The molecule has 0 N–H and O–H groups in total. The van der Waals surface area contributed by atoms with Crippen molar-refractivity contribution in [2.75, 3.05) is 26.2 Å². The molecule has 1 aromatic heterocycles. The van der Waals surface area contributed by atoms with E-state index in [4.69, 9.17) is 23.9 Å². The minimum absolute atomic E-state index is 0.390. The molecule has 0 unspecified atom stereocenters. The standard InChI is InChI=1S/C37H28N2O5/c1-41-26-19-25(20-27(21-26)42-2)29-22-30(23-15-17-24(18-16-23)37(40)43-3)38-36-28(29)9-8-12-33(36)39-31-10-4-6-13-34(31)44-35-14-7-5-11-32(35)39/h4-22H,1-3H3. The van der Waals surface area contributed by atoms with Gasteiger partial charge in [0.15, 0.2) is 11.5 Å². The summed E-state index contributed by atoms with van der Waals surface area (Å²) in [7, 11) is 4.66. The lowest BCUT2D eigenvalue weighted by Crippen LogP contribution is -2.16. The molecule has 7 rings (SSSR count). The van der Waals surface area contributed by atoms with Crippen LogP contribution in [-0.4, -0.2) is 32.3 Å². The summed E-state index contributed by atoms with van der Waals surface area (Å²) in [5.41, 5.74) is 7.46. The zero-order valence-corrected chi connectivity index (χ0v) is 24.4. The first-order valence-corrected chi connectivity index (χ1v) is 14.1. The number of ether oxygens (including phenoxy) is 4. The molecule has 2 heterocycles. The van der Waals surface area contributed by atoms with Crippen molar-refractivity contribution in [1.29, 1.82) is 0 Å². The minimum atomic E-state index is -0.390. The number of aromatic nitrogens is 1. The number of esters is 1. The predicted octanol–water partition coefficient (Wildman–Crippen LogP) is 8.95. The number of fused-ring (bicyclic) bond motifs is 3. The molecular weight excluding hydrogens is 552 g/mol. The minimum Gasteiger partial charge on any atom is -0.497 e. The Kier molecular flexibility index (Phi) is 6.83. The molecule has 6 aromatic rings. The first-order chi connectivity index (χ1) is 21.6. The van der Waals surface area contributed by atoms with Crippen molar-refractivity contribution in [1.82, 2.24) is 4.98 Å². The maximum absolute atomic E-state index is 12.1. The summed E-state index contributed by atoms with van der Waals surface area (Å²) in [6.07, 6.45) is 0. The fourth-order valence-electron chi connectivity index (χ4n) is 5.62. The quantitative estimate of drug-likeness (QED) is 0.182. The number of carbonyl (C=O) groups excluding carboxylic acids is 1. The van der Waals surface area contributed by atoms with Crippen molar-refractivity contribution >= 4 is 33.9 Å². The molecule has 1 aliphatic heterocycles. The predicted molar refractivity (Wildman–Crippen MR) is 172 cm³/mol. The van der Waals surface area contributed by atoms with Gasteiger partial charge in [0.25, 0.3) is 0 Å². The Morgan fingerprint density at radius 3 is 1.89 bits per heavy atom. The van der Waals surface area contributed by atoms with Crippen molar-refractivity contribution in [2.45, 2.75) is 0 Å². The molecular formula is C37H28N2O5. The Hall–Kier alpha value is -5.82. The fourth-order valence-corrected chi connectivity index (χ4v) is 5.62. The summed E-state index contributed by atoms with van der Waals surface area (Å²) >= 11 is 0. The summed E-state index contributed by atoms with van der Waals surface area (Å²) in [5.74, 6) is 2.49. The monoisotopic (exact) mass is 580 g/mol. The van der Waals surface area contributed by atoms with Gasteiger partial charge in [-0.05, 0) is 71.8 Å². The molecule has 216 valence electrons. The maximum atomic E-state index is 12.1. The Morgan fingerprint density at radius 1 is 0.659 bits per heavy atom. The number of hydrogen-bond donors (Lipinski definition) is 0. The van der Waals surface area contributed by atoms with E-state index >= 15 is 0 Å². The first-order valence-electron chi connectivity index (χ1n) is 14.1. The average molecular weight is 581 g/mol. The van der Waals surface area contributed by atoms with Crippen LogP contribution in [0, 0.1) is 0 Å². The van der Waals surface area contributed by atoms with Crippen LogP contribution in [0.25, 0.3) is 33.3 Å². The summed E-state index contributed by atoms with van der Waals surface area (Å²) in [4.78, 5) is 19.6. The summed E-state index contributed by atoms with van der Waals surface area (Å²) in [5, 5.41) is 0.953. The Morgan fingerprint density at radius 2 is 1.27 bits per heavy atom. The summed E-state index contributed by atoms with van der Waals surface area (Å²) in [6.45, 7) is 0. The van der Waals surface area contributed by atoms with E-state index in [-0.39, 0.29) is 5.97 Å². The molecule has 1 aliphatic rings. The van der Waals surface area contributed by atoms with Crippen LogP contribution in [0.1, 0.15) is 10.4 Å². The molecule has 0 radical (unpaired) electrons. The van der Waals surface area contributed by atoms with Gasteiger partial charge in [0.2, 0.25) is 0 Å². The molecule has 44 heavy (non-hydrogen) atoms. The number of benzene rings is 5. The normalized spacial score (nSPS) is 11.8. The third-order valence-corrected chi connectivity index (χ3v) is 7.76. The molecule has 0 saturated carbocycles. The van der Waals surface area contributed by atoms with E-state index in [1.54, 1.807) is 26.4 Å². The number of methoxy groups -OCH3 is 3. The fraction of sp³-hybridized carbons (Fsp3) is 0.0811. The number of para-hydroxylation sites is 5. The smallest absolute Gasteiger partial charge is 0.337 e. The zero-order chi connectivity index (χ0) is 30.2. The molecule has 0 saturated heterocycles. The van der Waals surface area contributed by atoms with Gasteiger partial charge in [-0.1, -0.05) is 48.5 Å². The van der Waals surface area contributed by atoms with Crippen molar-refractivity contribution in [2.24, 2.45) is 0 Å². The SMILES string of the molecule is COC(=O)c1ccc(-c2cc(-c3cc(OC)cc(OC)c3)c3cccc(N4c5ccccc5Oc5ccccc54)c3n2)cc1. The van der Waals surface area contributed by atoms with Gasteiger partial charge in [-0.3, -0.25) is 0 Å². The van der Waals surface area contributed by atoms with Gasteiger partial charge in [-0.15, -0.1) is 0 Å². The van der Waals surface area contributed by atoms with E-state index < -0.39 is 0 Å². The molecule has 7 nitrogen and oxygen atoms in total. The van der Waals surface area contributed by atoms with Crippen LogP contribution in [0.15, 0.2) is 115 Å². The number of pyridine rings is 1. The summed E-state index contributed by atoms with van der Waals surface area (Å²) < 4.78 is 22.5. The maximum Gasteiger partial charge on any atom is 0.337 e. The van der Waals surface area contributed by atoms with Crippen molar-refractivity contribution in [3.05, 3.63) is 121 Å². The zero-order valence-electron chi connectivity index (χ0n) is 24.4. The van der Waals surface area contributed by atoms with Gasteiger partial charge in [-0.25, -0.2) is 9.78 Å². The van der Waals surface area contributed by atoms with Crippen molar-refractivity contribution in [3.63, 3.8) is 0 Å². The van der Waals surface area contributed by atoms with Crippen LogP contribution in [0.2, 0.25) is 0 Å². The highest BCUT2D eigenvalue weighted by atomic mass is 16.5. The number of anilines is 3. The van der Waals surface area contributed by atoms with E-state index in [0.717, 1.165) is 61.8 Å². The van der Waals surface area contributed by atoms with E-state index in [9.17, 15) is 4.79 Å². The van der Waals surface area contributed by atoms with Crippen LogP contribution < -0.4 is 19.1 Å². The van der Waals surface area contributed by atoms with Gasteiger partial charge >= 0.3 is 5.97 Å². The van der Waals surface area contributed by atoms with Gasteiger partial charge in [0.05, 0.1) is 55.2 Å². The second-order valence-electron chi connectivity index (χ2n) is 10.3. The Balaban J connectivity index is 1.52. The molecule has 0 atom stereocenters. The van der Waals surface area contributed by atoms with Crippen LogP contribution >= 0.6 is 0 Å². The Bertz CT molecular complexity index is 1970. The topological polar surface area (TPSA) is 70.1 Å². The van der Waals surface area contributed by atoms with Crippen LogP contribution in [-0.2, 0) is 4.74 Å². The second kappa shape index (κ2) is 11.1. The third-order valence-electron chi connectivity index (χ3n) is 7.76. The van der Waals surface area contributed by atoms with E-state index in [0.29, 0.717) is 17.1 Å². The van der Waals surface area contributed by atoms with Gasteiger partial charge in [-0.2, -0.15) is 0 Å². The molecule has 0 spiro atoms. The first kappa shape index (κ1) is 27.0. The largest absolute Gasteiger partial charge is 0.497 e. The third kappa shape index (κ3) is 4.65. The van der Waals surface area contributed by atoms with E-state index in [1.807, 2.05) is 84.9 Å². The highest BCUT2D eigenvalue weighted by Gasteiger charge is 2.27. The molecule has 0 aliphatic carbocycles. The lowest BCUT2D eigenvalue weighted by molar-refractivity contribution is 0.0600. The van der Waals surface area contributed by atoms with E-state index in [1.165, 1.54) is 7.11 Å². The van der Waals surface area contributed by atoms with Crippen LogP contribution in [0.5, 0.6) is 23.0 Å². The second-order valence-corrected chi connectivity index (χ2v) is 10.3. The molecule has 5 aromatic carbocycles. The lowest BCUT2D eigenvalue weighted by Gasteiger charge is -2.33. The average Bonchev–Trinajstić information content (AvgIpc) is 3.09. The molecule has 0 amide bonds. The van der Waals surface area contributed by atoms with Crippen molar-refractivity contribution in [3.8, 4) is 45.4 Å². The summed E-state index contributed by atoms with van der Waals surface area (Å²) in [6, 6.07) is 37.4. The van der Waals surface area contributed by atoms with Crippen LogP contribution in [0.3, 0.4) is 0 Å². The number of hydrogen-bond acceptors (Lipinski definition) is 7. The van der Waals surface area contributed by atoms with Crippen molar-refractivity contribution < 1.29 is 23.7 Å². The lowest BCUT2D eigenvalue weighted by atomic mass is 9.96. The van der Waals surface area contributed by atoms with Gasteiger partial charge < -0.3 is 23.8 Å². The number of nitrogens with zero attached hydrogens (tertiary/aromatic N) is 2. The van der Waals surface area contributed by atoms with E-state index in [2.05, 4.69) is 23.1 Å². The number of carbonyl (C=O) groups is 1. The van der Waals surface area contributed by atoms with Gasteiger partial charge in [0, 0.05) is 17.0 Å². The number of rotatable bonds is 6. The highest BCUT2D eigenvalue weighted by Crippen LogP contribution is 2.52. The van der Waals surface area contributed by atoms with Crippen LogP contribution in [0.4, 0.5) is 17.1 Å². The Labute approximate surface area is 254 Å². The highest BCUT2D eigenvalue weighted by molar-refractivity contribution is 6.06. The molecule has 0 fully saturated rings.